The van der Waals surface area contributed by atoms with Gasteiger partial charge in [0.25, 0.3) is 11.8 Å². The number of amides is 3. The van der Waals surface area contributed by atoms with Gasteiger partial charge >= 0.3 is 0 Å². The Bertz CT molecular complexity index is 846. The second kappa shape index (κ2) is 7.40. The molecule has 0 aromatic heterocycles. The van der Waals surface area contributed by atoms with Crippen LogP contribution in [-0.2, 0) is 14.6 Å². The molecular weight excluding hydrogens is 370 g/mol. The van der Waals surface area contributed by atoms with Crippen LogP contribution in [0.1, 0.15) is 40.0 Å². The summed E-state index contributed by atoms with van der Waals surface area (Å²) in [5.41, 5.74) is 0.778. The third kappa shape index (κ3) is 3.89. The first-order chi connectivity index (χ1) is 12.7. The molecule has 0 unspecified atom stereocenters. The van der Waals surface area contributed by atoms with Crippen molar-refractivity contribution in [1.82, 2.24) is 14.9 Å². The standard InChI is InChI=1S/C18H23N3O5S/c1-19(2)21(13-9-11-27(25,26)12-13)16(22)8-5-10-20-17(23)14-6-3-4-7-15(14)18(20)24/h3-4,6-7,13H,5,8-12H2,1-2H3/t13-/m1/s1. The van der Waals surface area contributed by atoms with E-state index >= 15 is 0 Å². The number of hydrazine groups is 1. The van der Waals surface area contributed by atoms with E-state index in [9.17, 15) is 22.8 Å². The number of nitrogens with zero attached hydrogens (tertiary/aromatic N) is 3. The molecule has 1 atom stereocenters. The minimum Gasteiger partial charge on any atom is -0.274 e. The fourth-order valence-corrected chi connectivity index (χ4v) is 5.36. The van der Waals surface area contributed by atoms with E-state index in [4.69, 9.17) is 0 Å². The molecule has 1 aromatic rings. The lowest BCUT2D eigenvalue weighted by molar-refractivity contribution is -0.149. The van der Waals surface area contributed by atoms with Crippen molar-refractivity contribution in [2.24, 2.45) is 0 Å². The minimum atomic E-state index is -3.10. The Kier molecular flexibility index (Phi) is 5.34. The van der Waals surface area contributed by atoms with E-state index in [2.05, 4.69) is 0 Å². The third-order valence-electron chi connectivity index (χ3n) is 4.89. The Morgan fingerprint density at radius 3 is 2.22 bits per heavy atom. The Morgan fingerprint density at radius 2 is 1.74 bits per heavy atom. The molecule has 9 heteroatoms. The summed E-state index contributed by atoms with van der Waals surface area (Å²) in [5, 5.41) is 3.09. The summed E-state index contributed by atoms with van der Waals surface area (Å²) < 4.78 is 23.4. The molecule has 2 aliphatic rings. The molecule has 0 bridgehead atoms. The van der Waals surface area contributed by atoms with Gasteiger partial charge in [-0.05, 0) is 25.0 Å². The first-order valence-electron chi connectivity index (χ1n) is 8.86. The van der Waals surface area contributed by atoms with Crippen LogP contribution in [0.25, 0.3) is 0 Å². The topological polar surface area (TPSA) is 95.1 Å². The third-order valence-corrected chi connectivity index (χ3v) is 6.64. The number of hydrogen-bond donors (Lipinski definition) is 0. The van der Waals surface area contributed by atoms with Gasteiger partial charge in [-0.15, -0.1) is 0 Å². The summed E-state index contributed by atoms with van der Waals surface area (Å²) in [6, 6.07) is 6.30. The predicted octanol–water partition coefficient (Wildman–Crippen LogP) is 0.555. The SMILES string of the molecule is CN(C)N(C(=O)CCCN1C(=O)c2ccccc2C1=O)[C@@H]1CCS(=O)(=O)C1. The van der Waals surface area contributed by atoms with Crippen molar-refractivity contribution in [1.29, 1.82) is 0 Å². The summed E-state index contributed by atoms with van der Waals surface area (Å²) in [6.45, 7) is 0.155. The van der Waals surface area contributed by atoms with Crippen LogP contribution in [0, 0.1) is 0 Å². The van der Waals surface area contributed by atoms with E-state index in [1.165, 1.54) is 5.01 Å². The van der Waals surface area contributed by atoms with Gasteiger partial charge in [-0.25, -0.2) is 13.4 Å². The molecule has 1 aromatic carbocycles. The molecule has 1 saturated heterocycles. The van der Waals surface area contributed by atoms with Gasteiger partial charge in [-0.3, -0.25) is 24.3 Å². The van der Waals surface area contributed by atoms with Crippen LogP contribution in [-0.4, -0.2) is 79.2 Å². The van der Waals surface area contributed by atoms with Crippen molar-refractivity contribution < 1.29 is 22.8 Å². The van der Waals surface area contributed by atoms with Gasteiger partial charge in [0.15, 0.2) is 9.84 Å². The van der Waals surface area contributed by atoms with Crippen molar-refractivity contribution in [3.05, 3.63) is 35.4 Å². The normalized spacial score (nSPS) is 21.0. The smallest absolute Gasteiger partial charge is 0.261 e. The number of hydrogen-bond acceptors (Lipinski definition) is 6. The Morgan fingerprint density at radius 1 is 1.15 bits per heavy atom. The van der Waals surface area contributed by atoms with E-state index in [-0.39, 0.29) is 48.2 Å². The predicted molar refractivity (Wildman–Crippen MR) is 98.6 cm³/mol. The average molecular weight is 393 g/mol. The first-order valence-corrected chi connectivity index (χ1v) is 10.7. The van der Waals surface area contributed by atoms with Crippen molar-refractivity contribution in [3.8, 4) is 0 Å². The quantitative estimate of drug-likeness (QED) is 0.518. The lowest BCUT2D eigenvalue weighted by Gasteiger charge is -2.34. The molecule has 3 rings (SSSR count). The number of carbonyl (C=O) groups excluding carboxylic acids is 3. The number of imide groups is 1. The molecule has 1 fully saturated rings. The van der Waals surface area contributed by atoms with Gasteiger partial charge in [0.2, 0.25) is 5.91 Å². The summed E-state index contributed by atoms with van der Waals surface area (Å²) in [4.78, 5) is 38.5. The molecule has 8 nitrogen and oxygen atoms in total. The maximum atomic E-state index is 12.6. The highest BCUT2D eigenvalue weighted by Gasteiger charge is 2.37. The molecule has 0 radical (unpaired) electrons. The lowest BCUT2D eigenvalue weighted by atomic mass is 10.1. The average Bonchev–Trinajstić information content (AvgIpc) is 3.07. The summed E-state index contributed by atoms with van der Waals surface area (Å²) >= 11 is 0. The number of sulfone groups is 1. The van der Waals surface area contributed by atoms with Crippen molar-refractivity contribution >= 4 is 27.6 Å². The molecule has 146 valence electrons. The number of fused-ring (bicyclic) bond motifs is 1. The van der Waals surface area contributed by atoms with Crippen molar-refractivity contribution in [3.63, 3.8) is 0 Å². The number of benzene rings is 1. The van der Waals surface area contributed by atoms with E-state index in [1.807, 2.05) is 0 Å². The Balaban J connectivity index is 1.59. The van der Waals surface area contributed by atoms with Gasteiger partial charge < -0.3 is 0 Å². The van der Waals surface area contributed by atoms with E-state index in [0.29, 0.717) is 24.0 Å². The molecule has 0 saturated carbocycles. The summed E-state index contributed by atoms with van der Waals surface area (Å²) in [6.07, 6.45) is 0.876. The monoisotopic (exact) mass is 393 g/mol. The Hall–Kier alpha value is -2.26. The molecule has 0 aliphatic carbocycles. The molecule has 0 spiro atoms. The maximum Gasteiger partial charge on any atom is 0.261 e. The first kappa shape index (κ1) is 19.5. The fraction of sp³-hybridized carbons (Fsp3) is 0.500. The zero-order valence-corrected chi connectivity index (χ0v) is 16.2. The van der Waals surface area contributed by atoms with E-state index in [1.54, 1.807) is 43.4 Å². The minimum absolute atomic E-state index is 0.0324. The van der Waals surface area contributed by atoms with Gasteiger partial charge in [0, 0.05) is 27.1 Å². The largest absolute Gasteiger partial charge is 0.274 e. The molecule has 0 N–H and O–H groups in total. The molecule has 2 aliphatic heterocycles. The van der Waals surface area contributed by atoms with Gasteiger partial charge in [0.1, 0.15) is 0 Å². The van der Waals surface area contributed by atoms with Gasteiger partial charge in [0.05, 0.1) is 28.7 Å². The lowest BCUT2D eigenvalue weighted by Crippen LogP contribution is -2.49. The zero-order chi connectivity index (χ0) is 19.8. The highest BCUT2D eigenvalue weighted by molar-refractivity contribution is 7.91. The molecular formula is C18H23N3O5S. The van der Waals surface area contributed by atoms with Crippen LogP contribution in [0.3, 0.4) is 0 Å². The van der Waals surface area contributed by atoms with E-state index < -0.39 is 9.84 Å². The number of carbonyl (C=O) groups is 3. The fourth-order valence-electron chi connectivity index (χ4n) is 3.67. The maximum absolute atomic E-state index is 12.6. The summed E-state index contributed by atoms with van der Waals surface area (Å²) in [7, 11) is 0.298. The van der Waals surface area contributed by atoms with Crippen LogP contribution >= 0.6 is 0 Å². The van der Waals surface area contributed by atoms with Crippen LogP contribution < -0.4 is 0 Å². The zero-order valence-electron chi connectivity index (χ0n) is 15.4. The van der Waals surface area contributed by atoms with Crippen LogP contribution in [0.2, 0.25) is 0 Å². The van der Waals surface area contributed by atoms with Crippen LogP contribution in [0.15, 0.2) is 24.3 Å². The molecule has 27 heavy (non-hydrogen) atoms. The van der Waals surface area contributed by atoms with Crippen molar-refractivity contribution in [2.75, 3.05) is 32.1 Å². The molecule has 2 heterocycles. The highest BCUT2D eigenvalue weighted by Crippen LogP contribution is 2.23. The van der Waals surface area contributed by atoms with Crippen LogP contribution in [0.5, 0.6) is 0 Å². The summed E-state index contributed by atoms with van der Waals surface area (Å²) in [5.74, 6) is -0.831. The van der Waals surface area contributed by atoms with Crippen LogP contribution in [0.4, 0.5) is 0 Å². The highest BCUT2D eigenvalue weighted by atomic mass is 32.2. The van der Waals surface area contributed by atoms with Gasteiger partial charge in [-0.2, -0.15) is 0 Å². The second-order valence-corrected chi connectivity index (χ2v) is 9.28. The van der Waals surface area contributed by atoms with Gasteiger partial charge in [-0.1, -0.05) is 12.1 Å². The van der Waals surface area contributed by atoms with E-state index in [0.717, 1.165) is 4.90 Å². The van der Waals surface area contributed by atoms with Crippen molar-refractivity contribution in [2.45, 2.75) is 25.3 Å². The Labute approximate surface area is 158 Å². The second-order valence-electron chi connectivity index (χ2n) is 7.05. The molecule has 3 amide bonds. The number of rotatable bonds is 6.